The van der Waals surface area contributed by atoms with Crippen LogP contribution in [0, 0.1) is 0 Å². The average molecular weight is 350 g/mol. The van der Waals surface area contributed by atoms with Gasteiger partial charge in [0.05, 0.1) is 11.3 Å². The van der Waals surface area contributed by atoms with Crippen LogP contribution < -0.4 is 15.4 Å². The molecule has 0 atom stereocenters. The van der Waals surface area contributed by atoms with Crippen molar-refractivity contribution in [2.24, 2.45) is 0 Å². The van der Waals surface area contributed by atoms with Gasteiger partial charge >= 0.3 is 6.18 Å². The van der Waals surface area contributed by atoms with Gasteiger partial charge in [-0.2, -0.15) is 13.2 Å². The molecule has 1 aliphatic rings. The van der Waals surface area contributed by atoms with Crippen LogP contribution in [0.4, 0.5) is 18.9 Å². The molecule has 0 aromatic heterocycles. The van der Waals surface area contributed by atoms with Crippen LogP contribution in [0.2, 0.25) is 0 Å². The van der Waals surface area contributed by atoms with E-state index in [2.05, 4.69) is 10.6 Å². The Morgan fingerprint density at radius 3 is 2.76 bits per heavy atom. The van der Waals surface area contributed by atoms with Crippen molar-refractivity contribution in [2.75, 3.05) is 11.9 Å². The van der Waals surface area contributed by atoms with Gasteiger partial charge in [-0.3, -0.25) is 9.59 Å². The summed E-state index contributed by atoms with van der Waals surface area (Å²) in [4.78, 5) is 23.5. The molecule has 0 fully saturated rings. The largest absolute Gasteiger partial charge is 0.482 e. The predicted molar refractivity (Wildman–Crippen MR) is 83.2 cm³/mol. The van der Waals surface area contributed by atoms with E-state index in [0.29, 0.717) is 17.0 Å². The highest BCUT2D eigenvalue weighted by atomic mass is 19.4. The molecule has 0 aliphatic carbocycles. The minimum absolute atomic E-state index is 0.0529. The van der Waals surface area contributed by atoms with Crippen LogP contribution in [0.25, 0.3) is 0 Å². The van der Waals surface area contributed by atoms with Crippen molar-refractivity contribution in [2.45, 2.75) is 12.7 Å². The summed E-state index contributed by atoms with van der Waals surface area (Å²) in [7, 11) is 0. The number of hydrogen-bond donors (Lipinski definition) is 2. The van der Waals surface area contributed by atoms with Crippen LogP contribution >= 0.6 is 0 Å². The smallest absolute Gasteiger partial charge is 0.416 e. The van der Waals surface area contributed by atoms with Crippen molar-refractivity contribution in [3.8, 4) is 5.75 Å². The average Bonchev–Trinajstić information content (AvgIpc) is 2.58. The fourth-order valence-corrected chi connectivity index (χ4v) is 2.37. The molecule has 0 saturated heterocycles. The van der Waals surface area contributed by atoms with E-state index in [4.69, 9.17) is 4.74 Å². The molecule has 5 nitrogen and oxygen atoms in total. The topological polar surface area (TPSA) is 67.4 Å². The Hall–Kier alpha value is -3.03. The summed E-state index contributed by atoms with van der Waals surface area (Å²) in [5.74, 6) is -0.344. The number of anilines is 1. The predicted octanol–water partition coefficient (Wildman–Crippen LogP) is 2.97. The van der Waals surface area contributed by atoms with E-state index in [9.17, 15) is 22.8 Å². The van der Waals surface area contributed by atoms with Gasteiger partial charge in [-0.1, -0.05) is 12.1 Å². The maximum atomic E-state index is 12.7. The summed E-state index contributed by atoms with van der Waals surface area (Å²) in [6.07, 6.45) is -4.43. The van der Waals surface area contributed by atoms with E-state index >= 15 is 0 Å². The summed E-state index contributed by atoms with van der Waals surface area (Å²) in [5.41, 5.74) is 0.199. The Morgan fingerprint density at radius 1 is 1.20 bits per heavy atom. The minimum Gasteiger partial charge on any atom is -0.482 e. The van der Waals surface area contributed by atoms with Crippen LogP contribution in [0.3, 0.4) is 0 Å². The number of amides is 2. The second-order valence-corrected chi connectivity index (χ2v) is 5.43. The van der Waals surface area contributed by atoms with E-state index in [-0.39, 0.29) is 24.6 Å². The Bertz CT molecular complexity index is 834. The van der Waals surface area contributed by atoms with Crippen molar-refractivity contribution in [1.82, 2.24) is 5.32 Å². The summed E-state index contributed by atoms with van der Waals surface area (Å²) >= 11 is 0. The van der Waals surface area contributed by atoms with Crippen LogP contribution in [0.15, 0.2) is 42.5 Å². The molecule has 1 heterocycles. The summed E-state index contributed by atoms with van der Waals surface area (Å²) in [6, 6.07) is 9.25. The van der Waals surface area contributed by atoms with E-state index in [1.165, 1.54) is 24.3 Å². The molecule has 3 rings (SSSR count). The number of benzene rings is 2. The summed E-state index contributed by atoms with van der Waals surface area (Å²) < 4.78 is 43.3. The number of ether oxygens (including phenoxy) is 1. The number of halogens is 3. The summed E-state index contributed by atoms with van der Waals surface area (Å²) in [5, 5.41) is 5.14. The minimum atomic E-state index is -4.43. The van der Waals surface area contributed by atoms with Crippen LogP contribution in [0.1, 0.15) is 21.5 Å². The first-order valence-corrected chi connectivity index (χ1v) is 7.34. The van der Waals surface area contributed by atoms with E-state index in [0.717, 1.165) is 12.1 Å². The van der Waals surface area contributed by atoms with Gasteiger partial charge in [0.2, 0.25) is 0 Å². The zero-order valence-corrected chi connectivity index (χ0v) is 12.8. The lowest BCUT2D eigenvalue weighted by Gasteiger charge is -2.18. The number of nitrogens with one attached hydrogen (secondary N) is 2. The number of hydrogen-bond acceptors (Lipinski definition) is 3. The molecule has 1 aliphatic heterocycles. The number of carbonyl (C=O) groups is 2. The molecule has 2 N–H and O–H groups in total. The SMILES string of the molecule is O=C1COc2ccc(C(=O)NCc3cccc(C(F)(F)F)c3)cc2N1. The number of alkyl halides is 3. The molecule has 2 amide bonds. The lowest BCUT2D eigenvalue weighted by Crippen LogP contribution is -2.27. The van der Waals surface area contributed by atoms with Crippen molar-refractivity contribution in [3.05, 3.63) is 59.2 Å². The zero-order chi connectivity index (χ0) is 18.0. The Labute approximate surface area is 140 Å². The lowest BCUT2D eigenvalue weighted by molar-refractivity contribution is -0.137. The second kappa shape index (κ2) is 6.46. The molecular weight excluding hydrogens is 337 g/mol. The zero-order valence-electron chi connectivity index (χ0n) is 12.8. The molecule has 0 radical (unpaired) electrons. The monoisotopic (exact) mass is 350 g/mol. The Balaban J connectivity index is 1.69. The van der Waals surface area contributed by atoms with Gasteiger partial charge in [0, 0.05) is 12.1 Å². The number of carbonyl (C=O) groups excluding carboxylic acids is 2. The first-order valence-electron chi connectivity index (χ1n) is 7.34. The molecule has 0 bridgehead atoms. The highest BCUT2D eigenvalue weighted by Crippen LogP contribution is 2.30. The van der Waals surface area contributed by atoms with E-state index in [1.807, 2.05) is 0 Å². The molecule has 8 heteroatoms. The highest BCUT2D eigenvalue weighted by Gasteiger charge is 2.30. The molecule has 0 spiro atoms. The first-order chi connectivity index (χ1) is 11.8. The van der Waals surface area contributed by atoms with E-state index < -0.39 is 17.6 Å². The summed E-state index contributed by atoms with van der Waals surface area (Å²) in [6.45, 7) is -0.142. The number of rotatable bonds is 3. The van der Waals surface area contributed by atoms with Crippen molar-refractivity contribution >= 4 is 17.5 Å². The normalized spacial score (nSPS) is 13.5. The second-order valence-electron chi connectivity index (χ2n) is 5.43. The van der Waals surface area contributed by atoms with Gasteiger partial charge in [-0.05, 0) is 35.9 Å². The van der Waals surface area contributed by atoms with Gasteiger partial charge in [0.15, 0.2) is 6.61 Å². The van der Waals surface area contributed by atoms with Crippen LogP contribution in [-0.4, -0.2) is 18.4 Å². The quantitative estimate of drug-likeness (QED) is 0.894. The maximum absolute atomic E-state index is 12.7. The van der Waals surface area contributed by atoms with Gasteiger partial charge in [0.25, 0.3) is 11.8 Å². The van der Waals surface area contributed by atoms with Crippen molar-refractivity contribution in [3.63, 3.8) is 0 Å². The molecule has 2 aromatic rings. The van der Waals surface area contributed by atoms with Gasteiger partial charge in [-0.25, -0.2) is 0 Å². The lowest BCUT2D eigenvalue weighted by atomic mass is 10.1. The van der Waals surface area contributed by atoms with E-state index in [1.54, 1.807) is 6.07 Å². The molecule has 0 unspecified atom stereocenters. The Kier molecular flexibility index (Phi) is 4.35. The third-order valence-electron chi connectivity index (χ3n) is 3.58. The standard InChI is InChI=1S/C17H13F3N2O3/c18-17(19,20)12-3-1-2-10(6-12)8-21-16(24)11-4-5-14-13(7-11)22-15(23)9-25-14/h1-7H,8-9H2,(H,21,24)(H,22,23). The molecule has 0 saturated carbocycles. The molecule has 130 valence electrons. The fraction of sp³-hybridized carbons (Fsp3) is 0.176. The van der Waals surface area contributed by atoms with Crippen LogP contribution in [0.5, 0.6) is 5.75 Å². The Morgan fingerprint density at radius 2 is 2.00 bits per heavy atom. The highest BCUT2D eigenvalue weighted by molar-refractivity contribution is 5.99. The van der Waals surface area contributed by atoms with Gasteiger partial charge in [-0.15, -0.1) is 0 Å². The molecule has 25 heavy (non-hydrogen) atoms. The molecule has 2 aromatic carbocycles. The van der Waals surface area contributed by atoms with Crippen LogP contribution in [-0.2, 0) is 17.5 Å². The van der Waals surface area contributed by atoms with Crippen molar-refractivity contribution < 1.29 is 27.5 Å². The third kappa shape index (κ3) is 3.90. The van der Waals surface area contributed by atoms with Gasteiger partial charge in [0.1, 0.15) is 5.75 Å². The fourth-order valence-electron chi connectivity index (χ4n) is 2.37. The van der Waals surface area contributed by atoms with Gasteiger partial charge < -0.3 is 15.4 Å². The number of fused-ring (bicyclic) bond motifs is 1. The molecular formula is C17H13F3N2O3. The maximum Gasteiger partial charge on any atom is 0.416 e. The third-order valence-corrected chi connectivity index (χ3v) is 3.58. The van der Waals surface area contributed by atoms with Crippen molar-refractivity contribution in [1.29, 1.82) is 0 Å². The first kappa shape index (κ1) is 16.8.